The molecule has 0 radical (unpaired) electrons. The molecule has 1 atom stereocenters. The van der Waals surface area contributed by atoms with Gasteiger partial charge in [0.25, 0.3) is 0 Å². The van der Waals surface area contributed by atoms with Crippen LogP contribution in [0.25, 0.3) is 10.2 Å². The molecule has 1 aliphatic carbocycles. The Balaban J connectivity index is 1.64. The summed E-state index contributed by atoms with van der Waals surface area (Å²) in [5, 5.41) is 2.21. The van der Waals surface area contributed by atoms with Crippen LogP contribution in [0.4, 0.5) is 0 Å². The summed E-state index contributed by atoms with van der Waals surface area (Å²) in [5.41, 5.74) is 1.43. The molecule has 0 saturated carbocycles. The highest BCUT2D eigenvalue weighted by Crippen LogP contribution is 2.41. The first-order chi connectivity index (χ1) is 13.0. The van der Waals surface area contributed by atoms with Gasteiger partial charge in [0.15, 0.2) is 0 Å². The number of carbonyl (C=O) groups is 1. The predicted octanol–water partition coefficient (Wildman–Crippen LogP) is 3.89. The molecule has 0 N–H and O–H groups in total. The molecule has 7 heteroatoms. The van der Waals surface area contributed by atoms with Crippen molar-refractivity contribution in [2.45, 2.75) is 51.0 Å². The zero-order valence-corrected chi connectivity index (χ0v) is 17.9. The number of thioether (sulfide) groups is 1. The van der Waals surface area contributed by atoms with E-state index in [1.807, 2.05) is 16.2 Å². The summed E-state index contributed by atoms with van der Waals surface area (Å²) in [7, 11) is 0. The second kappa shape index (κ2) is 8.05. The van der Waals surface area contributed by atoms with Gasteiger partial charge in [0.05, 0.1) is 19.0 Å². The fourth-order valence-corrected chi connectivity index (χ4v) is 6.14. The van der Waals surface area contributed by atoms with Crippen molar-refractivity contribution in [3.8, 4) is 0 Å². The average Bonchev–Trinajstić information content (AvgIpc) is 3.03. The van der Waals surface area contributed by atoms with Crippen LogP contribution in [0.3, 0.4) is 0 Å². The molecule has 0 spiro atoms. The third kappa shape index (κ3) is 4.00. The minimum atomic E-state index is 0.180. The van der Waals surface area contributed by atoms with E-state index >= 15 is 0 Å². The fraction of sp³-hybridized carbons (Fsp3) is 0.650. The van der Waals surface area contributed by atoms with Gasteiger partial charge in [-0.3, -0.25) is 4.79 Å². The molecular weight excluding hydrogens is 378 g/mol. The first-order valence-corrected chi connectivity index (χ1v) is 11.6. The van der Waals surface area contributed by atoms with Crippen molar-refractivity contribution >= 4 is 39.2 Å². The zero-order chi connectivity index (χ0) is 19.0. The number of aryl methyl sites for hydroxylation is 1. The van der Waals surface area contributed by atoms with E-state index in [1.54, 1.807) is 11.8 Å². The Hall–Kier alpha value is -1.18. The summed E-state index contributed by atoms with van der Waals surface area (Å²) in [6.07, 6.45) is 3.47. The lowest BCUT2D eigenvalue weighted by Crippen LogP contribution is -2.41. The minimum absolute atomic E-state index is 0.180. The van der Waals surface area contributed by atoms with E-state index in [0.29, 0.717) is 32.1 Å². The van der Waals surface area contributed by atoms with Gasteiger partial charge in [0.1, 0.15) is 15.7 Å². The number of amides is 1. The van der Waals surface area contributed by atoms with Crippen LogP contribution >= 0.6 is 23.1 Å². The summed E-state index contributed by atoms with van der Waals surface area (Å²) in [6.45, 7) is 9.26. The summed E-state index contributed by atoms with van der Waals surface area (Å²) in [5.74, 6) is 2.52. The van der Waals surface area contributed by atoms with Crippen molar-refractivity contribution in [2.75, 3.05) is 32.1 Å². The number of fused-ring (bicyclic) bond motifs is 3. The number of morpholine rings is 1. The number of hydrogen-bond donors (Lipinski definition) is 0. The molecule has 1 fully saturated rings. The van der Waals surface area contributed by atoms with E-state index in [9.17, 15) is 4.79 Å². The number of ether oxygens (including phenoxy) is 1. The van der Waals surface area contributed by atoms with E-state index in [1.165, 1.54) is 22.2 Å². The quantitative estimate of drug-likeness (QED) is 0.571. The number of nitrogens with zero attached hydrogens (tertiary/aromatic N) is 3. The van der Waals surface area contributed by atoms with Gasteiger partial charge in [-0.2, -0.15) is 0 Å². The van der Waals surface area contributed by atoms with Crippen molar-refractivity contribution in [3.63, 3.8) is 0 Å². The molecule has 2 aromatic heterocycles. The average molecular weight is 406 g/mol. The largest absolute Gasteiger partial charge is 0.378 e. The maximum Gasteiger partial charge on any atom is 0.233 e. The molecule has 1 amide bonds. The van der Waals surface area contributed by atoms with Gasteiger partial charge in [0.2, 0.25) is 5.91 Å². The van der Waals surface area contributed by atoms with Gasteiger partial charge in [-0.25, -0.2) is 9.97 Å². The second-order valence-corrected chi connectivity index (χ2v) is 9.90. The lowest BCUT2D eigenvalue weighted by atomic mass is 9.89. The van der Waals surface area contributed by atoms with Gasteiger partial charge in [-0.15, -0.1) is 11.3 Å². The molecule has 0 bridgehead atoms. The van der Waals surface area contributed by atoms with Gasteiger partial charge in [0, 0.05) is 29.3 Å². The van der Waals surface area contributed by atoms with Crippen LogP contribution < -0.4 is 0 Å². The summed E-state index contributed by atoms with van der Waals surface area (Å²) in [4.78, 5) is 26.8. The van der Waals surface area contributed by atoms with Crippen LogP contribution in [0.1, 0.15) is 49.4 Å². The highest BCUT2D eigenvalue weighted by molar-refractivity contribution is 8.00. The molecular formula is C20H27N3O2S2. The summed E-state index contributed by atoms with van der Waals surface area (Å²) < 4.78 is 5.35. The maximum atomic E-state index is 12.6. The van der Waals surface area contributed by atoms with Gasteiger partial charge in [-0.05, 0) is 30.7 Å². The number of carbonyl (C=O) groups excluding carboxylic acids is 1. The SMILES string of the molecule is CC(C)c1nc(SCC(=O)N2CCOCC2)c2c3c(sc2n1)C[C@H](C)CC3. The Bertz CT molecular complexity index is 843. The number of hydrogen-bond acceptors (Lipinski definition) is 6. The Labute approximate surface area is 168 Å². The highest BCUT2D eigenvalue weighted by atomic mass is 32.2. The number of rotatable bonds is 4. The third-order valence-electron chi connectivity index (χ3n) is 5.35. The van der Waals surface area contributed by atoms with E-state index < -0.39 is 0 Å². The molecule has 3 heterocycles. The van der Waals surface area contributed by atoms with E-state index in [0.717, 1.165) is 34.4 Å². The van der Waals surface area contributed by atoms with Gasteiger partial charge < -0.3 is 9.64 Å². The normalized spacial score (nSPS) is 20.3. The standard InChI is InChI=1S/C20H27N3O2S2/c1-12(2)18-21-19(26-11-16(24)23-6-8-25-9-7-23)17-14-5-4-13(3)10-15(14)27-20(17)22-18/h12-13H,4-11H2,1-3H3/t13-/m1/s1. The molecule has 27 heavy (non-hydrogen) atoms. The smallest absolute Gasteiger partial charge is 0.233 e. The molecule has 2 aliphatic rings. The Morgan fingerprint density at radius 3 is 2.85 bits per heavy atom. The fourth-order valence-electron chi connectivity index (χ4n) is 3.72. The first-order valence-electron chi connectivity index (χ1n) is 9.83. The van der Waals surface area contributed by atoms with Crippen LogP contribution in [-0.4, -0.2) is 52.8 Å². The Morgan fingerprint density at radius 2 is 2.11 bits per heavy atom. The topological polar surface area (TPSA) is 55.3 Å². The van der Waals surface area contributed by atoms with E-state index in [-0.39, 0.29) is 11.8 Å². The van der Waals surface area contributed by atoms with Crippen molar-refractivity contribution in [1.82, 2.24) is 14.9 Å². The monoisotopic (exact) mass is 405 g/mol. The summed E-state index contributed by atoms with van der Waals surface area (Å²) in [6, 6.07) is 0. The van der Waals surface area contributed by atoms with Crippen molar-refractivity contribution in [3.05, 3.63) is 16.3 Å². The molecule has 5 nitrogen and oxygen atoms in total. The molecule has 1 saturated heterocycles. The molecule has 1 aliphatic heterocycles. The molecule has 0 unspecified atom stereocenters. The summed E-state index contributed by atoms with van der Waals surface area (Å²) >= 11 is 3.42. The van der Waals surface area contributed by atoms with Crippen LogP contribution in [0.2, 0.25) is 0 Å². The maximum absolute atomic E-state index is 12.6. The van der Waals surface area contributed by atoms with Gasteiger partial charge >= 0.3 is 0 Å². The minimum Gasteiger partial charge on any atom is -0.378 e. The highest BCUT2D eigenvalue weighted by Gasteiger charge is 2.25. The van der Waals surface area contributed by atoms with Crippen LogP contribution in [0.15, 0.2) is 5.03 Å². The molecule has 2 aromatic rings. The van der Waals surface area contributed by atoms with Gasteiger partial charge in [-0.1, -0.05) is 32.5 Å². The van der Waals surface area contributed by atoms with Crippen LogP contribution in [0.5, 0.6) is 0 Å². The second-order valence-electron chi connectivity index (χ2n) is 7.86. The first kappa shape index (κ1) is 19.2. The van der Waals surface area contributed by atoms with Crippen molar-refractivity contribution in [2.24, 2.45) is 5.92 Å². The van der Waals surface area contributed by atoms with Crippen LogP contribution in [0, 0.1) is 5.92 Å². The van der Waals surface area contributed by atoms with E-state index in [4.69, 9.17) is 14.7 Å². The van der Waals surface area contributed by atoms with Crippen molar-refractivity contribution < 1.29 is 9.53 Å². The molecule has 0 aromatic carbocycles. The zero-order valence-electron chi connectivity index (χ0n) is 16.3. The van der Waals surface area contributed by atoms with Crippen molar-refractivity contribution in [1.29, 1.82) is 0 Å². The molecule has 4 rings (SSSR count). The Kier molecular flexibility index (Phi) is 5.71. The predicted molar refractivity (Wildman–Crippen MR) is 111 cm³/mol. The number of thiophene rings is 1. The third-order valence-corrected chi connectivity index (χ3v) is 7.46. The lowest BCUT2D eigenvalue weighted by Gasteiger charge is -2.26. The number of aromatic nitrogens is 2. The van der Waals surface area contributed by atoms with E-state index in [2.05, 4.69) is 20.8 Å². The van der Waals surface area contributed by atoms with Crippen LogP contribution in [-0.2, 0) is 22.4 Å². The molecule has 146 valence electrons. The Morgan fingerprint density at radius 1 is 1.33 bits per heavy atom. The lowest BCUT2D eigenvalue weighted by molar-refractivity contribution is -0.132.